The molecular formula is C29H24N4O3. The number of nitrogens with zero attached hydrogens (tertiary/aromatic N) is 2. The molecule has 1 aromatic heterocycles. The van der Waals surface area contributed by atoms with Crippen LogP contribution in [0, 0.1) is 6.92 Å². The van der Waals surface area contributed by atoms with Crippen molar-refractivity contribution >= 4 is 45.4 Å². The van der Waals surface area contributed by atoms with Gasteiger partial charge in [-0.2, -0.15) is 5.10 Å². The predicted molar refractivity (Wildman–Crippen MR) is 142 cm³/mol. The second-order valence-electron chi connectivity index (χ2n) is 8.56. The molecule has 0 fully saturated rings. The number of rotatable bonds is 6. The number of phenols is 1. The Labute approximate surface area is 207 Å². The van der Waals surface area contributed by atoms with Crippen LogP contribution in [0.5, 0.6) is 5.75 Å². The molecule has 36 heavy (non-hydrogen) atoms. The molecule has 0 unspecified atom stereocenters. The highest BCUT2D eigenvalue weighted by Crippen LogP contribution is 2.25. The minimum Gasteiger partial charge on any atom is -0.507 e. The van der Waals surface area contributed by atoms with Gasteiger partial charge in [-0.15, -0.1) is 0 Å². The Bertz CT molecular complexity index is 1630. The molecule has 0 radical (unpaired) electrons. The number of benzene rings is 4. The lowest BCUT2D eigenvalue weighted by atomic mass is 10.1. The minimum atomic E-state index is -0.518. The molecule has 1 heterocycles. The first kappa shape index (κ1) is 22.9. The zero-order valence-corrected chi connectivity index (χ0v) is 19.6. The zero-order chi connectivity index (χ0) is 25.1. The number of aromatic hydroxyl groups is 1. The molecule has 0 saturated heterocycles. The van der Waals surface area contributed by atoms with E-state index in [1.807, 2.05) is 90.5 Å². The summed E-state index contributed by atoms with van der Waals surface area (Å²) in [4.78, 5) is 25.4. The first-order valence-electron chi connectivity index (χ1n) is 11.5. The standard InChI is InChI=1S/C29H24N4O3/c1-19-7-6-10-23(13-19)31-28(35)18-33-17-22(24-11-4-5-12-26(24)33)16-30-32-29(36)25-14-20-8-2-3-9-21(20)15-27(25)34/h2-17,34H,18H2,1H3,(H,31,35)(H,32,36). The van der Waals surface area contributed by atoms with Crippen LogP contribution in [0.25, 0.3) is 21.7 Å². The van der Waals surface area contributed by atoms with Crippen molar-refractivity contribution in [2.75, 3.05) is 5.32 Å². The van der Waals surface area contributed by atoms with E-state index in [0.29, 0.717) is 0 Å². The van der Waals surface area contributed by atoms with Crippen molar-refractivity contribution in [3.05, 3.63) is 108 Å². The third-order valence-corrected chi connectivity index (χ3v) is 5.91. The van der Waals surface area contributed by atoms with Crippen molar-refractivity contribution in [2.24, 2.45) is 5.10 Å². The first-order chi connectivity index (χ1) is 17.5. The van der Waals surface area contributed by atoms with E-state index in [4.69, 9.17) is 0 Å². The molecule has 0 bridgehead atoms. The second kappa shape index (κ2) is 9.76. The molecule has 3 N–H and O–H groups in total. The number of hydrogen-bond acceptors (Lipinski definition) is 4. The van der Waals surface area contributed by atoms with Gasteiger partial charge in [0.25, 0.3) is 5.91 Å². The molecule has 5 rings (SSSR count). The lowest BCUT2D eigenvalue weighted by molar-refractivity contribution is -0.116. The normalized spacial score (nSPS) is 11.2. The van der Waals surface area contributed by atoms with Gasteiger partial charge in [0.15, 0.2) is 0 Å². The van der Waals surface area contributed by atoms with Crippen molar-refractivity contribution in [3.63, 3.8) is 0 Å². The maximum Gasteiger partial charge on any atom is 0.275 e. The van der Waals surface area contributed by atoms with Crippen LogP contribution in [0.1, 0.15) is 21.5 Å². The third-order valence-electron chi connectivity index (χ3n) is 5.91. The van der Waals surface area contributed by atoms with Gasteiger partial charge in [-0.05, 0) is 53.6 Å². The number of amides is 2. The number of carbonyl (C=O) groups excluding carboxylic acids is 2. The van der Waals surface area contributed by atoms with E-state index in [2.05, 4.69) is 15.8 Å². The summed E-state index contributed by atoms with van der Waals surface area (Å²) in [6, 6.07) is 26.0. The molecule has 7 nitrogen and oxygen atoms in total. The van der Waals surface area contributed by atoms with E-state index in [1.54, 1.807) is 12.1 Å². The molecule has 2 amide bonds. The number of hydrogen-bond donors (Lipinski definition) is 3. The van der Waals surface area contributed by atoms with Gasteiger partial charge < -0.3 is 15.0 Å². The fourth-order valence-electron chi connectivity index (χ4n) is 4.22. The van der Waals surface area contributed by atoms with Crippen LogP contribution in [0.2, 0.25) is 0 Å². The van der Waals surface area contributed by atoms with Gasteiger partial charge in [0, 0.05) is 28.4 Å². The Morgan fingerprint density at radius 1 is 0.944 bits per heavy atom. The molecule has 0 aliphatic carbocycles. The van der Waals surface area contributed by atoms with Gasteiger partial charge in [-0.3, -0.25) is 9.59 Å². The van der Waals surface area contributed by atoms with E-state index < -0.39 is 5.91 Å². The second-order valence-corrected chi connectivity index (χ2v) is 8.56. The Morgan fingerprint density at radius 3 is 2.50 bits per heavy atom. The topological polar surface area (TPSA) is 95.7 Å². The van der Waals surface area contributed by atoms with Crippen LogP contribution in [0.3, 0.4) is 0 Å². The van der Waals surface area contributed by atoms with Gasteiger partial charge >= 0.3 is 0 Å². The van der Waals surface area contributed by atoms with Crippen molar-refractivity contribution in [2.45, 2.75) is 13.5 Å². The lowest BCUT2D eigenvalue weighted by Gasteiger charge is -2.08. The summed E-state index contributed by atoms with van der Waals surface area (Å²) < 4.78 is 1.85. The Kier molecular flexibility index (Phi) is 6.19. The van der Waals surface area contributed by atoms with Gasteiger partial charge in [0.1, 0.15) is 12.3 Å². The highest BCUT2D eigenvalue weighted by molar-refractivity contribution is 6.03. The summed E-state index contributed by atoms with van der Waals surface area (Å²) in [5.74, 6) is -0.779. The van der Waals surface area contributed by atoms with Gasteiger partial charge in [-0.25, -0.2) is 5.43 Å². The summed E-state index contributed by atoms with van der Waals surface area (Å²) in [6.07, 6.45) is 3.36. The number of phenolic OH excluding ortho intramolecular Hbond substituents is 1. The molecular weight excluding hydrogens is 452 g/mol. The van der Waals surface area contributed by atoms with Crippen molar-refractivity contribution in [1.29, 1.82) is 0 Å². The molecule has 0 spiro atoms. The van der Waals surface area contributed by atoms with Crippen molar-refractivity contribution < 1.29 is 14.7 Å². The van der Waals surface area contributed by atoms with Crippen LogP contribution < -0.4 is 10.7 Å². The lowest BCUT2D eigenvalue weighted by Crippen LogP contribution is -2.18. The number of para-hydroxylation sites is 1. The van der Waals surface area contributed by atoms with E-state index in [1.165, 1.54) is 6.21 Å². The number of nitrogens with one attached hydrogen (secondary N) is 2. The highest BCUT2D eigenvalue weighted by atomic mass is 16.3. The average molecular weight is 477 g/mol. The largest absolute Gasteiger partial charge is 0.507 e. The number of hydrazone groups is 1. The van der Waals surface area contributed by atoms with Crippen LogP contribution >= 0.6 is 0 Å². The Morgan fingerprint density at radius 2 is 1.69 bits per heavy atom. The van der Waals surface area contributed by atoms with Crippen molar-refractivity contribution in [1.82, 2.24) is 9.99 Å². The summed E-state index contributed by atoms with van der Waals surface area (Å²) >= 11 is 0. The first-order valence-corrected chi connectivity index (χ1v) is 11.5. The summed E-state index contributed by atoms with van der Waals surface area (Å²) in [7, 11) is 0. The molecule has 178 valence electrons. The number of aryl methyl sites for hydroxylation is 1. The Balaban J connectivity index is 1.33. The molecule has 5 aromatic rings. The van der Waals surface area contributed by atoms with E-state index in [0.717, 1.165) is 38.5 Å². The van der Waals surface area contributed by atoms with E-state index >= 15 is 0 Å². The maximum atomic E-state index is 12.7. The average Bonchev–Trinajstić information content (AvgIpc) is 3.20. The van der Waals surface area contributed by atoms with Crippen molar-refractivity contribution in [3.8, 4) is 5.75 Å². The summed E-state index contributed by atoms with van der Waals surface area (Å²) in [5.41, 5.74) is 6.06. The summed E-state index contributed by atoms with van der Waals surface area (Å²) in [5, 5.41) is 19.9. The number of anilines is 1. The molecule has 7 heteroatoms. The molecule has 0 aliphatic rings. The molecule has 0 aliphatic heterocycles. The fourth-order valence-corrected chi connectivity index (χ4v) is 4.22. The quantitative estimate of drug-likeness (QED) is 0.232. The summed E-state index contributed by atoms with van der Waals surface area (Å²) in [6.45, 7) is 2.10. The minimum absolute atomic E-state index is 0.113. The van der Waals surface area contributed by atoms with Crippen LogP contribution in [-0.4, -0.2) is 27.7 Å². The third kappa shape index (κ3) is 4.81. The molecule has 0 atom stereocenters. The van der Waals surface area contributed by atoms with E-state index in [9.17, 15) is 14.7 Å². The number of fused-ring (bicyclic) bond motifs is 2. The number of aromatic nitrogens is 1. The molecule has 4 aromatic carbocycles. The highest BCUT2D eigenvalue weighted by Gasteiger charge is 2.13. The Hall–Kier alpha value is -4.91. The van der Waals surface area contributed by atoms with Crippen LogP contribution in [-0.2, 0) is 11.3 Å². The SMILES string of the molecule is Cc1cccc(NC(=O)Cn2cc(C=NNC(=O)c3cc4ccccc4cc3O)c3ccccc32)c1. The van der Waals surface area contributed by atoms with Gasteiger partial charge in [0.2, 0.25) is 5.91 Å². The monoisotopic (exact) mass is 476 g/mol. The zero-order valence-electron chi connectivity index (χ0n) is 19.6. The smallest absolute Gasteiger partial charge is 0.275 e. The predicted octanol–water partition coefficient (Wildman–Crippen LogP) is 5.21. The maximum absolute atomic E-state index is 12.7. The molecule has 0 saturated carbocycles. The van der Waals surface area contributed by atoms with Gasteiger partial charge in [0.05, 0.1) is 11.8 Å². The number of carbonyl (C=O) groups is 2. The fraction of sp³-hybridized carbons (Fsp3) is 0.0690. The van der Waals surface area contributed by atoms with Crippen LogP contribution in [0.4, 0.5) is 5.69 Å². The van der Waals surface area contributed by atoms with Crippen LogP contribution in [0.15, 0.2) is 96.2 Å². The van der Waals surface area contributed by atoms with Gasteiger partial charge in [-0.1, -0.05) is 54.6 Å². The van der Waals surface area contributed by atoms with E-state index in [-0.39, 0.29) is 23.8 Å².